The fraction of sp³-hybridized carbons (Fsp3) is 0.350. The second-order valence-corrected chi connectivity index (χ2v) is 7.46. The van der Waals surface area contributed by atoms with E-state index in [4.69, 9.17) is 4.42 Å². The number of aryl methyl sites for hydroxylation is 1. The van der Waals surface area contributed by atoms with E-state index in [2.05, 4.69) is 22.1 Å². The third-order valence-corrected chi connectivity index (χ3v) is 5.70. The molecule has 0 aliphatic carbocycles. The summed E-state index contributed by atoms with van der Waals surface area (Å²) in [6.07, 6.45) is 5.47. The van der Waals surface area contributed by atoms with Crippen molar-refractivity contribution in [2.75, 3.05) is 6.54 Å². The first-order valence-electron chi connectivity index (χ1n) is 8.92. The third-order valence-electron chi connectivity index (χ3n) is 4.78. The number of piperidine rings is 1. The summed E-state index contributed by atoms with van der Waals surface area (Å²) < 4.78 is 6.04. The molecule has 1 aliphatic rings. The predicted molar refractivity (Wildman–Crippen MR) is 100 cm³/mol. The molecule has 0 bridgehead atoms. The molecule has 1 fully saturated rings. The summed E-state index contributed by atoms with van der Waals surface area (Å²) in [5.74, 6) is 1.52. The number of hydrogen-bond donors (Lipinski definition) is 0. The molecule has 0 radical (unpaired) electrons. The molecule has 2 aromatic heterocycles. The van der Waals surface area contributed by atoms with Gasteiger partial charge in [0.2, 0.25) is 5.89 Å². The first-order valence-corrected chi connectivity index (χ1v) is 9.80. The number of aromatic nitrogens is 2. The van der Waals surface area contributed by atoms with Crippen LogP contribution in [0.4, 0.5) is 0 Å². The average Bonchev–Trinajstić information content (AvgIpc) is 3.31. The number of nitrogens with zero attached hydrogens (tertiary/aromatic N) is 3. The maximum absolute atomic E-state index is 13.0. The molecule has 1 aromatic carbocycles. The van der Waals surface area contributed by atoms with Gasteiger partial charge >= 0.3 is 0 Å². The molecule has 1 saturated heterocycles. The number of oxazole rings is 1. The van der Waals surface area contributed by atoms with E-state index in [0.717, 1.165) is 37.3 Å². The van der Waals surface area contributed by atoms with E-state index in [9.17, 15) is 4.79 Å². The zero-order valence-corrected chi connectivity index (χ0v) is 15.5. The Balaban J connectivity index is 1.55. The highest BCUT2D eigenvalue weighted by Crippen LogP contribution is 2.33. The summed E-state index contributed by atoms with van der Waals surface area (Å²) in [7, 11) is 0. The molecule has 1 atom stereocenters. The minimum atomic E-state index is -0.0951. The average molecular weight is 367 g/mol. The lowest BCUT2D eigenvalue weighted by Crippen LogP contribution is -2.38. The van der Waals surface area contributed by atoms with Crippen molar-refractivity contribution in [1.82, 2.24) is 14.9 Å². The lowest BCUT2D eigenvalue weighted by atomic mass is 10.0. The molecule has 5 nitrogen and oxygen atoms in total. The molecule has 3 aromatic rings. The first kappa shape index (κ1) is 17.0. The van der Waals surface area contributed by atoms with E-state index < -0.39 is 0 Å². The lowest BCUT2D eigenvalue weighted by Gasteiger charge is -2.33. The molecule has 0 N–H and O–H groups in total. The smallest absolute Gasteiger partial charge is 0.266 e. The molecule has 3 heterocycles. The van der Waals surface area contributed by atoms with Crippen LogP contribution < -0.4 is 0 Å². The highest BCUT2D eigenvalue weighted by Gasteiger charge is 2.33. The molecule has 6 heteroatoms. The standard InChI is InChI=1S/C20H21N3O2S/c1-14-18(26-13-22-14)20(24)23-10-6-5-9-17(23)19-21-12-16(25-19)11-15-7-3-2-4-8-15/h2-4,7-8,12-13,17H,5-6,9-11H2,1H3/t17-/m1/s1. The van der Waals surface area contributed by atoms with Gasteiger partial charge in [0, 0.05) is 13.0 Å². The summed E-state index contributed by atoms with van der Waals surface area (Å²) in [5, 5.41) is 0. The van der Waals surface area contributed by atoms with Crippen LogP contribution in [0.15, 0.2) is 46.5 Å². The summed E-state index contributed by atoms with van der Waals surface area (Å²) in [6, 6.07) is 10.1. The minimum absolute atomic E-state index is 0.0394. The molecule has 134 valence electrons. The lowest BCUT2D eigenvalue weighted by molar-refractivity contribution is 0.0574. The van der Waals surface area contributed by atoms with E-state index in [1.165, 1.54) is 16.9 Å². The van der Waals surface area contributed by atoms with Gasteiger partial charge in [0.25, 0.3) is 5.91 Å². The summed E-state index contributed by atoms with van der Waals surface area (Å²) >= 11 is 1.40. The quantitative estimate of drug-likeness (QED) is 0.686. The van der Waals surface area contributed by atoms with Crippen LogP contribution in [-0.4, -0.2) is 27.3 Å². The molecule has 0 saturated carbocycles. The van der Waals surface area contributed by atoms with Crippen molar-refractivity contribution in [1.29, 1.82) is 0 Å². The Morgan fingerprint density at radius 1 is 1.27 bits per heavy atom. The molecule has 1 amide bonds. The van der Waals surface area contributed by atoms with Crippen molar-refractivity contribution in [2.24, 2.45) is 0 Å². The Morgan fingerprint density at radius 2 is 2.12 bits per heavy atom. The maximum Gasteiger partial charge on any atom is 0.266 e. The molecule has 26 heavy (non-hydrogen) atoms. The van der Waals surface area contributed by atoms with Crippen molar-refractivity contribution >= 4 is 17.2 Å². The van der Waals surface area contributed by atoms with Gasteiger partial charge in [0.05, 0.1) is 17.4 Å². The molecular formula is C20H21N3O2S. The number of thiazole rings is 1. The molecule has 4 rings (SSSR count). The zero-order valence-electron chi connectivity index (χ0n) is 14.7. The normalized spacial score (nSPS) is 17.4. The first-order chi connectivity index (χ1) is 12.7. The molecule has 0 spiro atoms. The Morgan fingerprint density at radius 3 is 2.88 bits per heavy atom. The van der Waals surface area contributed by atoms with Crippen molar-refractivity contribution in [3.8, 4) is 0 Å². The van der Waals surface area contributed by atoms with E-state index in [1.54, 1.807) is 11.7 Å². The van der Waals surface area contributed by atoms with E-state index in [0.29, 0.717) is 17.2 Å². The van der Waals surface area contributed by atoms with Gasteiger partial charge in [-0.1, -0.05) is 30.3 Å². The van der Waals surface area contributed by atoms with Crippen LogP contribution in [0, 0.1) is 6.92 Å². The van der Waals surface area contributed by atoms with Gasteiger partial charge in [0.1, 0.15) is 16.7 Å². The second kappa shape index (κ2) is 7.41. The number of benzene rings is 1. The van der Waals surface area contributed by atoms with Crippen LogP contribution in [0.2, 0.25) is 0 Å². The molecule has 0 unspecified atom stereocenters. The predicted octanol–water partition coefficient (Wildman–Crippen LogP) is 4.40. The SMILES string of the molecule is Cc1ncsc1C(=O)N1CCCC[C@@H]1c1ncc(Cc2ccccc2)o1. The van der Waals surface area contributed by atoms with E-state index in [1.807, 2.05) is 30.0 Å². The van der Waals surface area contributed by atoms with Gasteiger partial charge < -0.3 is 9.32 Å². The van der Waals surface area contributed by atoms with Crippen LogP contribution in [0.5, 0.6) is 0 Å². The van der Waals surface area contributed by atoms with Gasteiger partial charge in [-0.3, -0.25) is 4.79 Å². The van der Waals surface area contributed by atoms with Crippen LogP contribution in [0.3, 0.4) is 0 Å². The van der Waals surface area contributed by atoms with Gasteiger partial charge in [-0.2, -0.15) is 0 Å². The molecular weight excluding hydrogens is 346 g/mol. The second-order valence-electron chi connectivity index (χ2n) is 6.60. The third kappa shape index (κ3) is 3.42. The highest BCUT2D eigenvalue weighted by molar-refractivity contribution is 7.11. The van der Waals surface area contributed by atoms with Gasteiger partial charge in [-0.05, 0) is 31.7 Å². The fourth-order valence-electron chi connectivity index (χ4n) is 3.42. The summed E-state index contributed by atoms with van der Waals surface area (Å²) in [6.45, 7) is 2.61. The fourth-order valence-corrected chi connectivity index (χ4v) is 4.18. The highest BCUT2D eigenvalue weighted by atomic mass is 32.1. The largest absolute Gasteiger partial charge is 0.443 e. The summed E-state index contributed by atoms with van der Waals surface area (Å²) in [5.41, 5.74) is 3.71. The minimum Gasteiger partial charge on any atom is -0.443 e. The van der Waals surface area contributed by atoms with Gasteiger partial charge in [-0.15, -0.1) is 11.3 Å². The van der Waals surface area contributed by atoms with E-state index in [-0.39, 0.29) is 11.9 Å². The van der Waals surface area contributed by atoms with Crippen molar-refractivity contribution in [2.45, 2.75) is 38.6 Å². The zero-order chi connectivity index (χ0) is 17.9. The van der Waals surface area contributed by atoms with Crippen molar-refractivity contribution < 1.29 is 9.21 Å². The summed E-state index contributed by atoms with van der Waals surface area (Å²) in [4.78, 5) is 24.3. The number of amides is 1. The number of likely N-dealkylation sites (tertiary alicyclic amines) is 1. The van der Waals surface area contributed by atoms with Crippen molar-refractivity contribution in [3.63, 3.8) is 0 Å². The Kier molecular flexibility index (Phi) is 4.84. The van der Waals surface area contributed by atoms with Crippen LogP contribution in [0.1, 0.15) is 57.9 Å². The monoisotopic (exact) mass is 367 g/mol. The topological polar surface area (TPSA) is 59.2 Å². The Bertz CT molecular complexity index is 887. The van der Waals surface area contributed by atoms with Crippen molar-refractivity contribution in [3.05, 3.63) is 69.8 Å². The number of carbonyl (C=O) groups is 1. The van der Waals surface area contributed by atoms with Crippen LogP contribution >= 0.6 is 11.3 Å². The Labute approximate surface area is 156 Å². The number of hydrogen-bond acceptors (Lipinski definition) is 5. The van der Waals surface area contributed by atoms with Gasteiger partial charge in [-0.25, -0.2) is 9.97 Å². The van der Waals surface area contributed by atoms with E-state index >= 15 is 0 Å². The maximum atomic E-state index is 13.0. The Hall–Kier alpha value is -2.47. The van der Waals surface area contributed by atoms with Gasteiger partial charge in [0.15, 0.2) is 0 Å². The number of carbonyl (C=O) groups excluding carboxylic acids is 1. The number of rotatable bonds is 4. The molecule has 1 aliphatic heterocycles. The van der Waals surface area contributed by atoms with Crippen LogP contribution in [0.25, 0.3) is 0 Å². The van der Waals surface area contributed by atoms with Crippen LogP contribution in [-0.2, 0) is 6.42 Å².